The molecular weight excluding hydrogens is 905 g/mol. The first-order valence-electron chi connectivity index (χ1n) is 26.3. The van der Waals surface area contributed by atoms with Crippen LogP contribution in [-0.4, -0.2) is 86.6 Å². The van der Waals surface area contributed by atoms with Crippen LogP contribution in [0.1, 0.15) is 159 Å². The van der Waals surface area contributed by atoms with E-state index >= 15 is 0 Å². The number of hydrogen-bond acceptors (Lipinski definition) is 8. The van der Waals surface area contributed by atoms with Crippen LogP contribution in [0.4, 0.5) is 9.59 Å². The molecule has 6 aromatic rings. The highest BCUT2D eigenvalue weighted by molar-refractivity contribution is 5.90. The molecule has 2 aromatic heterocycles. The third kappa shape index (κ3) is 7.24. The van der Waals surface area contributed by atoms with Crippen molar-refractivity contribution in [2.24, 2.45) is 11.8 Å². The van der Waals surface area contributed by atoms with E-state index in [9.17, 15) is 19.2 Å². The Labute approximate surface area is 419 Å². The topological polar surface area (TPSA) is 175 Å². The number of nitrogens with zero attached hydrogens (tertiary/aromatic N) is 4. The largest absolute Gasteiger partial charge is 0.453 e. The van der Waals surface area contributed by atoms with Gasteiger partial charge in [0, 0.05) is 18.2 Å². The molecule has 72 heavy (non-hydrogen) atoms. The first-order chi connectivity index (χ1) is 35.1. The third-order valence-electron chi connectivity index (χ3n) is 17.8. The van der Waals surface area contributed by atoms with E-state index in [1.54, 1.807) is 0 Å². The quantitative estimate of drug-likeness (QED) is 0.0992. The molecule has 14 heteroatoms. The van der Waals surface area contributed by atoms with E-state index in [2.05, 4.69) is 63.1 Å². The Bertz CT molecular complexity index is 3180. The maximum Gasteiger partial charge on any atom is 0.407 e. The average Bonchev–Trinajstić information content (AvgIpc) is 4.24. The van der Waals surface area contributed by atoms with Crippen LogP contribution in [0.15, 0.2) is 79.0 Å². The van der Waals surface area contributed by atoms with Gasteiger partial charge in [0.2, 0.25) is 5.91 Å². The second kappa shape index (κ2) is 17.4. The minimum Gasteiger partial charge on any atom is -0.453 e. The summed E-state index contributed by atoms with van der Waals surface area (Å²) in [5, 5.41) is 5.58. The fourth-order valence-electron chi connectivity index (χ4n) is 14.5. The molecule has 6 unspecified atom stereocenters. The van der Waals surface area contributed by atoms with Crippen molar-refractivity contribution in [3.63, 3.8) is 0 Å². The van der Waals surface area contributed by atoms with Crippen LogP contribution in [0, 0.1) is 11.8 Å². The molecule has 4 aromatic carbocycles. The summed E-state index contributed by atoms with van der Waals surface area (Å²) in [6.07, 6.45) is 11.4. The Hall–Kier alpha value is -6.96. The first-order valence-corrected chi connectivity index (χ1v) is 26.3. The van der Waals surface area contributed by atoms with E-state index in [1.165, 1.54) is 103 Å². The molecule has 2 aliphatic heterocycles. The zero-order chi connectivity index (χ0) is 49.1. The van der Waals surface area contributed by atoms with Gasteiger partial charge in [0.1, 0.15) is 23.7 Å². The van der Waals surface area contributed by atoms with Crippen molar-refractivity contribution in [2.75, 3.05) is 20.8 Å². The number of benzene rings is 4. The number of piperidine rings is 1. The number of ether oxygens (including phenoxy) is 2. The predicted octanol–water partition coefficient (Wildman–Crippen LogP) is 10.8. The summed E-state index contributed by atoms with van der Waals surface area (Å²) in [5.74, 6) is 3.74. The van der Waals surface area contributed by atoms with Crippen LogP contribution in [-0.2, 0) is 19.1 Å². The Morgan fingerprint density at radius 3 is 1.99 bits per heavy atom. The van der Waals surface area contributed by atoms with Crippen molar-refractivity contribution in [1.82, 2.24) is 40.4 Å². The van der Waals surface area contributed by atoms with Crippen LogP contribution < -0.4 is 10.6 Å². The highest BCUT2D eigenvalue weighted by atomic mass is 16.5. The molecular formula is C58H62N8O6. The Balaban J connectivity index is 0.809. The number of hydrogen-bond donors (Lipinski definition) is 4. The highest BCUT2D eigenvalue weighted by Gasteiger charge is 2.56. The standard InChI is InChI=1S/C58H62N8O6/c1-29(2)51(63-57(69)71-3)56(68)66-45-26-36(45)27-46(66)54-60-41-21-16-31(25-42(41)61-54)37-17-18-38(48-33-13-12-32(23-33)47(37)48)39-19-20-40(50-35-15-14-34(24-35)49(39)50)43-28-59-53(62-43)44-11-8-22-65(44)55(67)52(64-58(70)72-4)30-9-6-5-7-10-30/h5-7,9-10,16-21,25,28-29,32-36,44-46,51-52H,8,11-15,22-24,26-27H2,1-4H3,(H,59,62)(H,60,61)(H,63,69)(H,64,70)/t32?,33?,34?,35?,36?,44-,45?,46-,51-,52-/m0/s1. The van der Waals surface area contributed by atoms with Gasteiger partial charge in [-0.15, -0.1) is 0 Å². The molecule has 13 rings (SSSR count). The summed E-state index contributed by atoms with van der Waals surface area (Å²) >= 11 is 0. The maximum absolute atomic E-state index is 14.3. The number of methoxy groups -OCH3 is 2. The SMILES string of the molecule is COC(=O)N[C@H](C(=O)N1CCC[C@H]1c1ncc(-c2ccc(-c3ccc(-c4ccc5nc([C@@H]6CC7CC7N6C(=O)[C@@H](NC(=O)OC)C(C)C)[nH]c5c4)c4c3C3CCC4C3)c3c2C2CCC3C2)[nH]1)c1ccccc1. The van der Waals surface area contributed by atoms with E-state index < -0.39 is 24.3 Å². The molecule has 5 aliphatic carbocycles. The number of amides is 4. The summed E-state index contributed by atoms with van der Waals surface area (Å²) in [5.41, 5.74) is 16.1. The normalized spacial score (nSPS) is 25.9. The van der Waals surface area contributed by atoms with Gasteiger partial charge in [-0.2, -0.15) is 0 Å². The Kier molecular flexibility index (Phi) is 10.8. The number of alkyl carbamates (subject to hydrolysis) is 2. The fraction of sp³-hybridized carbons (Fsp3) is 0.448. The fourth-order valence-corrected chi connectivity index (χ4v) is 14.5. The monoisotopic (exact) mass is 966 g/mol. The van der Waals surface area contributed by atoms with Gasteiger partial charge in [-0.3, -0.25) is 9.59 Å². The van der Waals surface area contributed by atoms with Crippen LogP contribution in [0.5, 0.6) is 0 Å². The lowest BCUT2D eigenvalue weighted by Crippen LogP contribution is -2.52. The summed E-state index contributed by atoms with van der Waals surface area (Å²) in [6.45, 7) is 4.47. The molecule has 4 bridgehead atoms. The van der Waals surface area contributed by atoms with E-state index in [1.807, 2.05) is 60.2 Å². The molecule has 4 N–H and O–H groups in total. The van der Waals surface area contributed by atoms with Crippen LogP contribution in [0.3, 0.4) is 0 Å². The van der Waals surface area contributed by atoms with Gasteiger partial charge >= 0.3 is 12.2 Å². The lowest BCUT2D eigenvalue weighted by atomic mass is 9.77. The molecule has 4 heterocycles. The molecule has 10 atom stereocenters. The zero-order valence-electron chi connectivity index (χ0n) is 41.4. The van der Waals surface area contributed by atoms with Crippen molar-refractivity contribution in [3.8, 4) is 33.5 Å². The van der Waals surface area contributed by atoms with Crippen LogP contribution in [0.25, 0.3) is 44.5 Å². The molecule has 5 fully saturated rings. The van der Waals surface area contributed by atoms with Crippen molar-refractivity contribution >= 4 is 35.0 Å². The molecule has 4 amide bonds. The Morgan fingerprint density at radius 1 is 0.667 bits per heavy atom. The van der Waals surface area contributed by atoms with Crippen molar-refractivity contribution < 1.29 is 28.7 Å². The van der Waals surface area contributed by atoms with Gasteiger partial charge in [0.05, 0.1) is 49.2 Å². The summed E-state index contributed by atoms with van der Waals surface area (Å²) in [7, 11) is 2.63. The highest BCUT2D eigenvalue weighted by Crippen LogP contribution is 2.62. The van der Waals surface area contributed by atoms with Gasteiger partial charge in [0.25, 0.3) is 5.91 Å². The lowest BCUT2D eigenvalue weighted by Gasteiger charge is -2.31. The second-order valence-corrected chi connectivity index (χ2v) is 22.0. The Morgan fingerprint density at radius 2 is 1.31 bits per heavy atom. The number of nitrogens with one attached hydrogen (secondary N) is 4. The molecule has 0 spiro atoms. The zero-order valence-corrected chi connectivity index (χ0v) is 41.4. The lowest BCUT2D eigenvalue weighted by molar-refractivity contribution is -0.137. The average molecular weight is 967 g/mol. The molecule has 0 radical (unpaired) electrons. The maximum atomic E-state index is 14.3. The number of carbonyl (C=O) groups is 4. The van der Waals surface area contributed by atoms with Crippen molar-refractivity contribution in [3.05, 3.63) is 118 Å². The first kappa shape index (κ1) is 44.9. The molecule has 3 saturated carbocycles. The number of rotatable bonds is 11. The molecule has 2 saturated heterocycles. The van der Waals surface area contributed by atoms with Gasteiger partial charge in [-0.05, 0) is 162 Å². The van der Waals surface area contributed by atoms with Gasteiger partial charge in [-0.1, -0.05) is 74.5 Å². The van der Waals surface area contributed by atoms with Crippen molar-refractivity contribution in [1.29, 1.82) is 0 Å². The number of likely N-dealkylation sites (tertiary alicyclic amines) is 2. The molecule has 14 nitrogen and oxygen atoms in total. The molecule has 7 aliphatic rings. The van der Waals surface area contributed by atoms with E-state index in [0.717, 1.165) is 54.1 Å². The van der Waals surface area contributed by atoms with E-state index in [0.29, 0.717) is 41.7 Å². The minimum absolute atomic E-state index is 0.0764. The van der Waals surface area contributed by atoms with Crippen LogP contribution in [0.2, 0.25) is 0 Å². The molecule has 370 valence electrons. The second-order valence-electron chi connectivity index (χ2n) is 22.0. The summed E-state index contributed by atoms with van der Waals surface area (Å²) < 4.78 is 9.81. The summed E-state index contributed by atoms with van der Waals surface area (Å²) in [4.78, 5) is 74.5. The minimum atomic E-state index is -0.874. The summed E-state index contributed by atoms with van der Waals surface area (Å²) in [6, 6.07) is 23.7. The smallest absolute Gasteiger partial charge is 0.407 e. The third-order valence-corrected chi connectivity index (χ3v) is 17.8. The van der Waals surface area contributed by atoms with Crippen molar-refractivity contribution in [2.45, 2.75) is 132 Å². The predicted molar refractivity (Wildman–Crippen MR) is 272 cm³/mol. The van der Waals surface area contributed by atoms with Gasteiger partial charge in [0.15, 0.2) is 0 Å². The van der Waals surface area contributed by atoms with E-state index in [-0.39, 0.29) is 35.9 Å². The van der Waals surface area contributed by atoms with Crippen LogP contribution >= 0.6 is 0 Å². The number of carbonyl (C=O) groups excluding carboxylic acids is 4. The number of aromatic amines is 2. The van der Waals surface area contributed by atoms with Gasteiger partial charge in [-0.25, -0.2) is 19.6 Å². The van der Waals surface area contributed by atoms with E-state index in [4.69, 9.17) is 19.4 Å². The number of aromatic nitrogens is 4. The number of H-pyrrole nitrogens is 2. The number of fused-ring (bicyclic) bond motifs is 12. The van der Waals surface area contributed by atoms with Gasteiger partial charge < -0.3 is 39.9 Å². The number of imidazole rings is 2.